The average Bonchev–Trinajstić information content (AvgIpc) is 2.89. The van der Waals surface area contributed by atoms with Gasteiger partial charge in [-0.25, -0.2) is 0 Å². The molecule has 0 saturated heterocycles. The minimum atomic E-state index is -0.0945. The normalized spacial score (nSPS) is 10.8. The molecule has 0 unspecified atom stereocenters. The van der Waals surface area contributed by atoms with E-state index in [4.69, 9.17) is 22.1 Å². The number of nitrogens with zero attached hydrogens (tertiary/aromatic N) is 1. The van der Waals surface area contributed by atoms with Crippen LogP contribution in [0.5, 0.6) is 5.75 Å². The topological polar surface area (TPSA) is 69.3 Å². The molecule has 0 saturated carbocycles. The van der Waals surface area contributed by atoms with Crippen molar-refractivity contribution in [2.75, 3.05) is 17.7 Å². The van der Waals surface area contributed by atoms with Gasteiger partial charge in [-0.3, -0.25) is 4.79 Å². The van der Waals surface area contributed by atoms with E-state index in [0.29, 0.717) is 23.9 Å². The zero-order chi connectivity index (χ0) is 18.0. The number of carbonyl (C=O) groups excluding carboxylic acids is 1. The Morgan fingerprint density at radius 2 is 1.96 bits per heavy atom. The fourth-order valence-electron chi connectivity index (χ4n) is 2.84. The molecule has 0 aliphatic rings. The van der Waals surface area contributed by atoms with Crippen LogP contribution in [0.2, 0.25) is 5.02 Å². The Kier molecular flexibility index (Phi) is 4.86. The van der Waals surface area contributed by atoms with E-state index in [0.717, 1.165) is 28.0 Å². The summed E-state index contributed by atoms with van der Waals surface area (Å²) in [5.41, 5.74) is 9.35. The maximum Gasteiger partial charge on any atom is 0.221 e. The van der Waals surface area contributed by atoms with Gasteiger partial charge in [0.25, 0.3) is 0 Å². The Labute approximate surface area is 151 Å². The van der Waals surface area contributed by atoms with Gasteiger partial charge in [0, 0.05) is 29.2 Å². The van der Waals surface area contributed by atoms with Crippen molar-refractivity contribution in [1.82, 2.24) is 4.57 Å². The van der Waals surface area contributed by atoms with Crippen LogP contribution in [0, 0.1) is 6.92 Å². The fraction of sp³-hybridized carbons (Fsp3) is 0.211. The molecule has 0 aliphatic heterocycles. The molecule has 3 aromatic rings. The zero-order valence-electron chi connectivity index (χ0n) is 14.2. The van der Waals surface area contributed by atoms with Gasteiger partial charge in [-0.1, -0.05) is 11.6 Å². The summed E-state index contributed by atoms with van der Waals surface area (Å²) < 4.78 is 7.97. The van der Waals surface area contributed by atoms with Crippen molar-refractivity contribution in [3.63, 3.8) is 0 Å². The molecule has 2 aromatic carbocycles. The monoisotopic (exact) mass is 357 g/mol. The van der Waals surface area contributed by atoms with E-state index in [-0.39, 0.29) is 5.91 Å². The third-order valence-electron chi connectivity index (χ3n) is 4.01. The first-order valence-corrected chi connectivity index (χ1v) is 8.38. The Balaban J connectivity index is 1.68. The molecule has 6 heteroatoms. The maximum absolute atomic E-state index is 11.0. The molecular formula is C19H20ClN3O2. The van der Waals surface area contributed by atoms with Crippen molar-refractivity contribution in [2.24, 2.45) is 0 Å². The van der Waals surface area contributed by atoms with E-state index >= 15 is 0 Å². The first-order valence-electron chi connectivity index (χ1n) is 8.00. The number of aryl methyl sites for hydroxylation is 1. The molecule has 130 valence electrons. The second-order valence-corrected chi connectivity index (χ2v) is 6.27. The number of fused-ring (bicyclic) bond motifs is 1. The SMILES string of the molecule is CC(=O)Nc1ccc(OCCn2c(C)cc3c(Cl)c(N)ccc32)cc1. The maximum atomic E-state index is 11.0. The number of hydrogen-bond donors (Lipinski definition) is 2. The molecule has 5 nitrogen and oxygen atoms in total. The Morgan fingerprint density at radius 3 is 2.64 bits per heavy atom. The second-order valence-electron chi connectivity index (χ2n) is 5.89. The zero-order valence-corrected chi connectivity index (χ0v) is 14.9. The van der Waals surface area contributed by atoms with E-state index in [1.54, 1.807) is 0 Å². The van der Waals surface area contributed by atoms with Gasteiger partial charge in [0.15, 0.2) is 0 Å². The average molecular weight is 358 g/mol. The number of benzene rings is 2. The van der Waals surface area contributed by atoms with E-state index in [2.05, 4.69) is 9.88 Å². The highest BCUT2D eigenvalue weighted by Crippen LogP contribution is 2.31. The highest BCUT2D eigenvalue weighted by atomic mass is 35.5. The van der Waals surface area contributed by atoms with Crippen LogP contribution in [0.1, 0.15) is 12.6 Å². The van der Waals surface area contributed by atoms with Gasteiger partial charge in [-0.2, -0.15) is 0 Å². The first-order chi connectivity index (χ1) is 12.0. The third-order valence-corrected chi connectivity index (χ3v) is 4.44. The quantitative estimate of drug-likeness (QED) is 0.671. The smallest absolute Gasteiger partial charge is 0.221 e. The molecule has 25 heavy (non-hydrogen) atoms. The van der Waals surface area contributed by atoms with E-state index in [1.165, 1.54) is 6.92 Å². The molecule has 0 atom stereocenters. The van der Waals surface area contributed by atoms with Crippen LogP contribution in [-0.2, 0) is 11.3 Å². The number of amides is 1. The lowest BCUT2D eigenvalue weighted by atomic mass is 10.2. The standard InChI is InChI=1S/C19H20ClN3O2/c1-12-11-16-18(8-7-17(21)19(16)20)23(12)9-10-25-15-5-3-14(4-6-15)22-13(2)24/h3-8,11H,9-10,21H2,1-2H3,(H,22,24). The Bertz CT molecular complexity index is 917. The number of nitrogens with one attached hydrogen (secondary N) is 1. The van der Waals surface area contributed by atoms with Crippen molar-refractivity contribution in [2.45, 2.75) is 20.4 Å². The number of carbonyl (C=O) groups is 1. The van der Waals surface area contributed by atoms with Gasteiger partial charge in [-0.05, 0) is 49.4 Å². The van der Waals surface area contributed by atoms with Crippen LogP contribution in [0.3, 0.4) is 0 Å². The van der Waals surface area contributed by atoms with Gasteiger partial charge in [-0.15, -0.1) is 0 Å². The summed E-state index contributed by atoms with van der Waals surface area (Å²) in [5, 5.41) is 4.28. The molecule has 0 bridgehead atoms. The van der Waals surface area contributed by atoms with E-state index < -0.39 is 0 Å². The number of halogens is 1. The van der Waals surface area contributed by atoms with Gasteiger partial charge >= 0.3 is 0 Å². The van der Waals surface area contributed by atoms with Crippen LogP contribution < -0.4 is 15.8 Å². The predicted molar refractivity (Wildman–Crippen MR) is 102 cm³/mol. The molecular weight excluding hydrogens is 338 g/mol. The third kappa shape index (κ3) is 3.72. The fourth-order valence-corrected chi connectivity index (χ4v) is 3.05. The van der Waals surface area contributed by atoms with E-state index in [1.807, 2.05) is 49.4 Å². The molecule has 3 rings (SSSR count). The van der Waals surface area contributed by atoms with Gasteiger partial charge in [0.1, 0.15) is 12.4 Å². The summed E-state index contributed by atoms with van der Waals surface area (Å²) in [5.74, 6) is 0.661. The molecule has 1 heterocycles. The lowest BCUT2D eigenvalue weighted by Gasteiger charge is -2.11. The summed E-state index contributed by atoms with van der Waals surface area (Å²) in [6.07, 6.45) is 0. The molecule has 0 aliphatic carbocycles. The van der Waals surface area contributed by atoms with Crippen molar-refractivity contribution in [3.05, 3.63) is 53.2 Å². The number of rotatable bonds is 5. The first kappa shape index (κ1) is 17.2. The molecule has 0 radical (unpaired) electrons. The van der Waals surface area contributed by atoms with Gasteiger partial charge in [0.2, 0.25) is 5.91 Å². The van der Waals surface area contributed by atoms with Crippen LogP contribution in [-0.4, -0.2) is 17.1 Å². The molecule has 0 fully saturated rings. The van der Waals surface area contributed by atoms with E-state index in [9.17, 15) is 4.79 Å². The predicted octanol–water partition coefficient (Wildman–Crippen LogP) is 4.22. The van der Waals surface area contributed by atoms with Crippen molar-refractivity contribution >= 4 is 39.8 Å². The number of nitrogen functional groups attached to an aromatic ring is 1. The number of hydrogen-bond acceptors (Lipinski definition) is 3. The van der Waals surface area contributed by atoms with Crippen LogP contribution in [0.4, 0.5) is 11.4 Å². The number of nitrogens with two attached hydrogens (primary N) is 1. The van der Waals surface area contributed by atoms with Crippen molar-refractivity contribution in [3.8, 4) is 5.75 Å². The second kappa shape index (κ2) is 7.07. The molecule has 3 N–H and O–H groups in total. The largest absolute Gasteiger partial charge is 0.492 e. The molecule has 0 spiro atoms. The highest BCUT2D eigenvalue weighted by molar-refractivity contribution is 6.38. The summed E-state index contributed by atoms with van der Waals surface area (Å²) >= 11 is 6.29. The Morgan fingerprint density at radius 1 is 1.24 bits per heavy atom. The lowest BCUT2D eigenvalue weighted by Crippen LogP contribution is -2.09. The van der Waals surface area contributed by atoms with Gasteiger partial charge < -0.3 is 20.4 Å². The number of ether oxygens (including phenoxy) is 1. The van der Waals surface area contributed by atoms with Gasteiger partial charge in [0.05, 0.1) is 17.3 Å². The Hall–Kier alpha value is -2.66. The summed E-state index contributed by atoms with van der Waals surface area (Å²) in [7, 11) is 0. The molecule has 1 amide bonds. The number of anilines is 2. The van der Waals surface area contributed by atoms with Crippen molar-refractivity contribution < 1.29 is 9.53 Å². The number of aromatic nitrogens is 1. The molecule has 1 aromatic heterocycles. The van der Waals surface area contributed by atoms with Crippen molar-refractivity contribution in [1.29, 1.82) is 0 Å². The minimum absolute atomic E-state index is 0.0945. The summed E-state index contributed by atoms with van der Waals surface area (Å²) in [6, 6.07) is 13.1. The summed E-state index contributed by atoms with van der Waals surface area (Å²) in [6.45, 7) is 4.73. The minimum Gasteiger partial charge on any atom is -0.492 e. The van der Waals surface area contributed by atoms with Crippen LogP contribution in [0.25, 0.3) is 10.9 Å². The lowest BCUT2D eigenvalue weighted by molar-refractivity contribution is -0.114. The summed E-state index contributed by atoms with van der Waals surface area (Å²) in [4.78, 5) is 11.0. The van der Waals surface area contributed by atoms with Crippen LogP contribution >= 0.6 is 11.6 Å². The van der Waals surface area contributed by atoms with Crippen LogP contribution in [0.15, 0.2) is 42.5 Å². The highest BCUT2D eigenvalue weighted by Gasteiger charge is 2.10.